The van der Waals surface area contributed by atoms with Crippen molar-refractivity contribution in [2.24, 2.45) is 11.1 Å². The van der Waals surface area contributed by atoms with Gasteiger partial charge in [0.15, 0.2) is 0 Å². The molecule has 1 atom stereocenters. The number of nitrogens with two attached hydrogens (primary N) is 1. The average Bonchev–Trinajstić information content (AvgIpc) is 2.71. The first-order valence-corrected chi connectivity index (χ1v) is 7.94. The topological polar surface area (TPSA) is 101 Å². The van der Waals surface area contributed by atoms with E-state index in [1.54, 1.807) is 4.90 Å². The van der Waals surface area contributed by atoms with E-state index in [0.717, 1.165) is 25.7 Å². The number of carbonyl (C=O) groups excluding carboxylic acids is 1. The molecule has 1 aliphatic carbocycles. The van der Waals surface area contributed by atoms with Gasteiger partial charge in [-0.2, -0.15) is 0 Å². The fraction of sp³-hybridized carbons (Fsp3) is 0.909. The third kappa shape index (κ3) is 2.84. The summed E-state index contributed by atoms with van der Waals surface area (Å²) in [6, 6.07) is 0.118. The predicted octanol–water partition coefficient (Wildman–Crippen LogP) is -0.573. The van der Waals surface area contributed by atoms with Gasteiger partial charge in [-0.15, -0.1) is 0 Å². The normalized spacial score (nSPS) is 34.0. The molecule has 0 spiro atoms. The summed E-state index contributed by atoms with van der Waals surface area (Å²) in [5.74, 6) is 0.217. The molecule has 0 aromatic heterocycles. The SMILES string of the molecule is NS(=O)(=O)C1CC(=O)N(C2CCC(CO)CC2)C1. The van der Waals surface area contributed by atoms with E-state index < -0.39 is 15.3 Å². The Balaban J connectivity index is 1.97. The molecule has 1 heterocycles. The molecule has 0 bridgehead atoms. The van der Waals surface area contributed by atoms with Crippen LogP contribution < -0.4 is 5.14 Å². The van der Waals surface area contributed by atoms with Gasteiger partial charge >= 0.3 is 0 Å². The summed E-state index contributed by atoms with van der Waals surface area (Å²) >= 11 is 0. The van der Waals surface area contributed by atoms with Gasteiger partial charge in [0.1, 0.15) is 5.25 Å². The standard InChI is InChI=1S/C11H20N2O4S/c12-18(16,17)10-5-11(15)13(6-10)9-3-1-8(7-14)2-4-9/h8-10,14H,1-7H2,(H2,12,16,17). The lowest BCUT2D eigenvalue weighted by Gasteiger charge is -2.34. The molecule has 7 heteroatoms. The highest BCUT2D eigenvalue weighted by molar-refractivity contribution is 7.89. The average molecular weight is 276 g/mol. The number of rotatable bonds is 3. The molecule has 3 N–H and O–H groups in total. The summed E-state index contributed by atoms with van der Waals surface area (Å²) in [6.07, 6.45) is 3.48. The number of sulfonamides is 1. The fourth-order valence-corrected chi connectivity index (χ4v) is 3.65. The molecular weight excluding hydrogens is 256 g/mol. The number of hydrogen-bond acceptors (Lipinski definition) is 4. The van der Waals surface area contributed by atoms with Crippen molar-refractivity contribution >= 4 is 15.9 Å². The van der Waals surface area contributed by atoms with Crippen LogP contribution in [0.15, 0.2) is 0 Å². The highest BCUT2D eigenvalue weighted by atomic mass is 32.2. The first-order chi connectivity index (χ1) is 8.41. The molecule has 1 saturated heterocycles. The lowest BCUT2D eigenvalue weighted by atomic mass is 9.86. The molecule has 1 saturated carbocycles. The molecule has 2 fully saturated rings. The molecule has 0 aromatic rings. The summed E-state index contributed by atoms with van der Waals surface area (Å²) in [5.41, 5.74) is 0. The number of aliphatic hydroxyl groups is 1. The molecule has 1 aliphatic heterocycles. The Labute approximate surface area is 107 Å². The lowest BCUT2D eigenvalue weighted by molar-refractivity contribution is -0.130. The van der Waals surface area contributed by atoms with Crippen molar-refractivity contribution in [1.82, 2.24) is 4.90 Å². The number of hydrogen-bond donors (Lipinski definition) is 2. The minimum atomic E-state index is -3.62. The summed E-state index contributed by atoms with van der Waals surface area (Å²) in [4.78, 5) is 13.5. The van der Waals surface area contributed by atoms with Crippen LogP contribution in [0.1, 0.15) is 32.1 Å². The van der Waals surface area contributed by atoms with Crippen LogP contribution in [0.3, 0.4) is 0 Å². The van der Waals surface area contributed by atoms with Crippen molar-refractivity contribution in [3.05, 3.63) is 0 Å². The van der Waals surface area contributed by atoms with Crippen LogP contribution in [0.2, 0.25) is 0 Å². The number of likely N-dealkylation sites (tertiary alicyclic amines) is 1. The minimum absolute atomic E-state index is 0.0127. The van der Waals surface area contributed by atoms with Crippen molar-refractivity contribution < 1.29 is 18.3 Å². The second-order valence-corrected chi connectivity index (χ2v) is 7.16. The third-order valence-corrected chi connectivity index (χ3v) is 5.35. The summed E-state index contributed by atoms with van der Waals surface area (Å²) in [7, 11) is -3.62. The van der Waals surface area contributed by atoms with Crippen molar-refractivity contribution in [3.8, 4) is 0 Å². The molecule has 1 unspecified atom stereocenters. The van der Waals surface area contributed by atoms with E-state index >= 15 is 0 Å². The van der Waals surface area contributed by atoms with Gasteiger partial charge in [-0.25, -0.2) is 13.6 Å². The number of carbonyl (C=O) groups is 1. The Morgan fingerprint density at radius 3 is 2.33 bits per heavy atom. The Hall–Kier alpha value is -0.660. The molecule has 6 nitrogen and oxygen atoms in total. The maximum Gasteiger partial charge on any atom is 0.224 e. The third-order valence-electron chi connectivity index (χ3n) is 4.10. The monoisotopic (exact) mass is 276 g/mol. The van der Waals surface area contributed by atoms with E-state index in [1.807, 2.05) is 0 Å². The van der Waals surface area contributed by atoms with Crippen LogP contribution in [0, 0.1) is 5.92 Å². The molecule has 18 heavy (non-hydrogen) atoms. The predicted molar refractivity (Wildman–Crippen MR) is 66.1 cm³/mol. The highest BCUT2D eigenvalue weighted by Gasteiger charge is 2.40. The second kappa shape index (κ2) is 5.14. The van der Waals surface area contributed by atoms with E-state index in [2.05, 4.69) is 0 Å². The molecular formula is C11H20N2O4S. The Bertz CT molecular complexity index is 415. The first-order valence-electron chi connectivity index (χ1n) is 6.33. The van der Waals surface area contributed by atoms with E-state index in [9.17, 15) is 13.2 Å². The van der Waals surface area contributed by atoms with Gasteiger partial charge in [-0.3, -0.25) is 4.79 Å². The molecule has 2 aliphatic rings. The Morgan fingerprint density at radius 2 is 1.89 bits per heavy atom. The van der Waals surface area contributed by atoms with Gasteiger partial charge in [0.25, 0.3) is 0 Å². The minimum Gasteiger partial charge on any atom is -0.396 e. The quantitative estimate of drug-likeness (QED) is 0.720. The van der Waals surface area contributed by atoms with Crippen LogP contribution in [0.25, 0.3) is 0 Å². The number of amides is 1. The first kappa shape index (κ1) is 13.8. The number of nitrogens with zero attached hydrogens (tertiary/aromatic N) is 1. The largest absolute Gasteiger partial charge is 0.396 e. The number of primary sulfonamides is 1. The molecule has 1 amide bonds. The maximum absolute atomic E-state index is 11.8. The van der Waals surface area contributed by atoms with Gasteiger partial charge in [-0.05, 0) is 31.6 Å². The molecule has 2 rings (SSSR count). The molecule has 0 radical (unpaired) electrons. The Morgan fingerprint density at radius 1 is 1.28 bits per heavy atom. The summed E-state index contributed by atoms with van der Waals surface area (Å²) in [5, 5.41) is 13.4. The van der Waals surface area contributed by atoms with Crippen LogP contribution >= 0.6 is 0 Å². The molecule has 0 aromatic carbocycles. The van der Waals surface area contributed by atoms with Crippen molar-refractivity contribution in [2.45, 2.75) is 43.4 Å². The van der Waals surface area contributed by atoms with Gasteiger partial charge in [0.05, 0.1) is 0 Å². The van der Waals surface area contributed by atoms with Gasteiger partial charge < -0.3 is 10.0 Å². The second-order valence-electron chi connectivity index (χ2n) is 5.32. The zero-order valence-corrected chi connectivity index (χ0v) is 11.1. The van der Waals surface area contributed by atoms with E-state index in [0.29, 0.717) is 5.92 Å². The highest BCUT2D eigenvalue weighted by Crippen LogP contribution is 2.30. The van der Waals surface area contributed by atoms with Crippen LogP contribution in [0.5, 0.6) is 0 Å². The van der Waals surface area contributed by atoms with Gasteiger partial charge in [-0.1, -0.05) is 0 Å². The van der Waals surface area contributed by atoms with E-state index in [-0.39, 0.29) is 31.5 Å². The number of aliphatic hydroxyl groups excluding tert-OH is 1. The fourth-order valence-electron chi connectivity index (χ4n) is 2.91. The van der Waals surface area contributed by atoms with Crippen LogP contribution in [-0.2, 0) is 14.8 Å². The zero-order valence-electron chi connectivity index (χ0n) is 10.3. The van der Waals surface area contributed by atoms with E-state index in [1.165, 1.54) is 0 Å². The van der Waals surface area contributed by atoms with Crippen LogP contribution in [-0.4, -0.2) is 48.8 Å². The van der Waals surface area contributed by atoms with Crippen molar-refractivity contribution in [1.29, 1.82) is 0 Å². The van der Waals surface area contributed by atoms with Crippen LogP contribution in [0.4, 0.5) is 0 Å². The summed E-state index contributed by atoms with van der Waals surface area (Å²) < 4.78 is 22.5. The lowest BCUT2D eigenvalue weighted by Crippen LogP contribution is -2.41. The molecule has 104 valence electrons. The maximum atomic E-state index is 11.8. The van der Waals surface area contributed by atoms with Gasteiger partial charge in [0, 0.05) is 25.6 Å². The van der Waals surface area contributed by atoms with Crippen molar-refractivity contribution in [2.75, 3.05) is 13.2 Å². The smallest absolute Gasteiger partial charge is 0.224 e. The van der Waals surface area contributed by atoms with E-state index in [4.69, 9.17) is 10.2 Å². The van der Waals surface area contributed by atoms with Crippen molar-refractivity contribution in [3.63, 3.8) is 0 Å². The zero-order chi connectivity index (χ0) is 13.3. The van der Waals surface area contributed by atoms with Gasteiger partial charge in [0.2, 0.25) is 15.9 Å². The Kier molecular flexibility index (Phi) is 3.93. The summed E-state index contributed by atoms with van der Waals surface area (Å²) in [6.45, 7) is 0.423.